The molecule has 0 bridgehead atoms. The number of methoxy groups -OCH3 is 1. The number of hydrogen-bond acceptors (Lipinski definition) is 7. The number of hydrogen-bond donors (Lipinski definition) is 0. The van der Waals surface area contributed by atoms with Crippen LogP contribution in [0.2, 0.25) is 5.02 Å². The van der Waals surface area contributed by atoms with E-state index in [1.165, 1.54) is 15.9 Å². The van der Waals surface area contributed by atoms with Crippen molar-refractivity contribution in [3.8, 4) is 11.5 Å². The average Bonchev–Trinajstić information content (AvgIpc) is 3.26. The zero-order chi connectivity index (χ0) is 29.1. The van der Waals surface area contributed by atoms with Gasteiger partial charge in [0, 0.05) is 5.02 Å². The highest BCUT2D eigenvalue weighted by Crippen LogP contribution is 2.38. The van der Waals surface area contributed by atoms with Gasteiger partial charge >= 0.3 is 5.97 Å². The topological polar surface area (TPSA) is 79.1 Å². The van der Waals surface area contributed by atoms with Gasteiger partial charge in [0.25, 0.3) is 5.56 Å². The highest BCUT2D eigenvalue weighted by Gasteiger charge is 2.34. The molecule has 1 aromatic heterocycles. The lowest BCUT2D eigenvalue weighted by Gasteiger charge is -2.25. The van der Waals surface area contributed by atoms with Crippen molar-refractivity contribution in [2.45, 2.75) is 26.5 Å². The fourth-order valence-electron chi connectivity index (χ4n) is 4.63. The van der Waals surface area contributed by atoms with Gasteiger partial charge in [0.2, 0.25) is 0 Å². The van der Waals surface area contributed by atoms with E-state index in [0.29, 0.717) is 48.2 Å². The van der Waals surface area contributed by atoms with Crippen LogP contribution >= 0.6 is 38.9 Å². The number of carbonyl (C=O) groups excluding carboxylic acids is 1. The minimum absolute atomic E-state index is 0.192. The summed E-state index contributed by atoms with van der Waals surface area (Å²) in [5, 5.41) is 0.434. The van der Waals surface area contributed by atoms with Crippen molar-refractivity contribution < 1.29 is 19.0 Å². The number of allylic oxidation sites excluding steroid dienone is 1. The van der Waals surface area contributed by atoms with E-state index in [1.807, 2.05) is 48.5 Å². The highest BCUT2D eigenvalue weighted by atomic mass is 79.9. The second kappa shape index (κ2) is 12.5. The summed E-state index contributed by atoms with van der Waals surface area (Å²) in [7, 11) is 1.57. The fourth-order valence-corrected chi connectivity index (χ4v) is 6.49. The lowest BCUT2D eigenvalue weighted by atomic mass is 9.96. The van der Waals surface area contributed by atoms with E-state index in [1.54, 1.807) is 45.2 Å². The second-order valence-electron chi connectivity index (χ2n) is 9.13. The minimum Gasteiger partial charge on any atom is -0.493 e. The zero-order valence-corrected chi connectivity index (χ0v) is 25.7. The Morgan fingerprint density at radius 2 is 1.88 bits per heavy atom. The molecule has 7 nitrogen and oxygen atoms in total. The van der Waals surface area contributed by atoms with Crippen LogP contribution in [-0.4, -0.2) is 24.3 Å². The fraction of sp³-hybridized carbons (Fsp3) is 0.194. The van der Waals surface area contributed by atoms with Crippen molar-refractivity contribution in [1.29, 1.82) is 0 Å². The molecule has 210 valence electrons. The summed E-state index contributed by atoms with van der Waals surface area (Å²) in [4.78, 5) is 32.1. The lowest BCUT2D eigenvalue weighted by Crippen LogP contribution is -2.40. The number of carbonyl (C=O) groups is 1. The summed E-state index contributed by atoms with van der Waals surface area (Å²) in [5.74, 6) is 0.541. The summed E-state index contributed by atoms with van der Waals surface area (Å²) in [6.45, 7) is 4.04. The van der Waals surface area contributed by atoms with Crippen molar-refractivity contribution in [1.82, 2.24) is 4.57 Å². The summed E-state index contributed by atoms with van der Waals surface area (Å²) < 4.78 is 19.7. The molecule has 0 amide bonds. The third-order valence-corrected chi connectivity index (χ3v) is 8.41. The van der Waals surface area contributed by atoms with Crippen LogP contribution in [-0.2, 0) is 16.1 Å². The van der Waals surface area contributed by atoms with Gasteiger partial charge in [-0.05, 0) is 70.7 Å². The Bertz CT molecular complexity index is 1830. The molecule has 0 fully saturated rings. The normalized spacial score (nSPS) is 14.9. The van der Waals surface area contributed by atoms with Crippen LogP contribution < -0.4 is 24.4 Å². The quantitative estimate of drug-likeness (QED) is 0.225. The van der Waals surface area contributed by atoms with E-state index in [-0.39, 0.29) is 17.7 Å². The van der Waals surface area contributed by atoms with E-state index in [9.17, 15) is 9.59 Å². The van der Waals surface area contributed by atoms with Crippen LogP contribution in [0.4, 0.5) is 0 Å². The molecule has 10 heteroatoms. The number of halogens is 2. The number of benzene rings is 3. The SMILES string of the molecule is CCOC(=O)C1=C(C)N=c2s/c(=C\c3cc(Br)c(OCc4ccccc4)c(OC)c3)c(=O)n2C1c1ccccc1Cl. The largest absolute Gasteiger partial charge is 0.493 e. The molecule has 1 aliphatic rings. The van der Waals surface area contributed by atoms with Crippen LogP contribution in [0.1, 0.15) is 36.6 Å². The molecule has 0 saturated heterocycles. The monoisotopic (exact) mass is 652 g/mol. The van der Waals surface area contributed by atoms with Crippen molar-refractivity contribution in [2.24, 2.45) is 4.99 Å². The molecule has 0 radical (unpaired) electrons. The Kier molecular flexibility index (Phi) is 8.77. The smallest absolute Gasteiger partial charge is 0.338 e. The maximum Gasteiger partial charge on any atom is 0.338 e. The van der Waals surface area contributed by atoms with Gasteiger partial charge in [-0.2, -0.15) is 0 Å². The lowest BCUT2D eigenvalue weighted by molar-refractivity contribution is -0.139. The summed E-state index contributed by atoms with van der Waals surface area (Å²) in [5.41, 5.74) is 2.82. The number of fused-ring (bicyclic) bond motifs is 1. The van der Waals surface area contributed by atoms with Gasteiger partial charge in [0.05, 0.1) is 34.0 Å². The van der Waals surface area contributed by atoms with Crippen LogP contribution in [0.5, 0.6) is 11.5 Å². The molecule has 2 heterocycles. The van der Waals surface area contributed by atoms with Crippen molar-refractivity contribution in [3.05, 3.63) is 124 Å². The van der Waals surface area contributed by atoms with Gasteiger partial charge < -0.3 is 14.2 Å². The van der Waals surface area contributed by atoms with Gasteiger partial charge in [-0.15, -0.1) is 0 Å². The maximum absolute atomic E-state index is 13.9. The Morgan fingerprint density at radius 1 is 1.15 bits per heavy atom. The van der Waals surface area contributed by atoms with Crippen molar-refractivity contribution in [2.75, 3.05) is 13.7 Å². The molecule has 0 N–H and O–H groups in total. The van der Waals surface area contributed by atoms with Gasteiger partial charge in [-0.3, -0.25) is 9.36 Å². The van der Waals surface area contributed by atoms with E-state index >= 15 is 0 Å². The van der Waals surface area contributed by atoms with Gasteiger partial charge in [0.1, 0.15) is 12.6 Å². The first-order chi connectivity index (χ1) is 19.8. The molecule has 0 saturated carbocycles. The van der Waals surface area contributed by atoms with E-state index < -0.39 is 12.0 Å². The highest BCUT2D eigenvalue weighted by molar-refractivity contribution is 9.10. The van der Waals surface area contributed by atoms with E-state index in [2.05, 4.69) is 20.9 Å². The van der Waals surface area contributed by atoms with Crippen LogP contribution in [0.15, 0.2) is 92.3 Å². The molecule has 5 rings (SSSR count). The molecular formula is C31H26BrClN2O5S. The predicted octanol–water partition coefficient (Wildman–Crippen LogP) is 5.80. The van der Waals surface area contributed by atoms with E-state index in [4.69, 9.17) is 25.8 Å². The number of aromatic nitrogens is 1. The number of esters is 1. The zero-order valence-electron chi connectivity index (χ0n) is 22.5. The number of rotatable bonds is 8. The van der Waals surface area contributed by atoms with Crippen molar-refractivity contribution in [3.63, 3.8) is 0 Å². The molecule has 3 aromatic carbocycles. The average molecular weight is 654 g/mol. The van der Waals surface area contributed by atoms with Crippen molar-refractivity contribution >= 4 is 50.9 Å². The Balaban J connectivity index is 1.60. The van der Waals surface area contributed by atoms with Gasteiger partial charge in [-0.1, -0.05) is 71.5 Å². The predicted molar refractivity (Wildman–Crippen MR) is 163 cm³/mol. The number of thiazole rings is 1. The first kappa shape index (κ1) is 28.9. The summed E-state index contributed by atoms with van der Waals surface area (Å²) in [6.07, 6.45) is 1.77. The van der Waals surface area contributed by atoms with E-state index in [0.717, 1.165) is 11.1 Å². The maximum atomic E-state index is 13.9. The molecule has 4 aromatic rings. The molecule has 0 spiro atoms. The summed E-state index contributed by atoms with van der Waals surface area (Å²) in [6, 6.07) is 19.9. The molecule has 0 aliphatic carbocycles. The first-order valence-electron chi connectivity index (χ1n) is 12.8. The molecule has 1 aliphatic heterocycles. The Labute approximate surface area is 254 Å². The molecule has 41 heavy (non-hydrogen) atoms. The molecule has 1 atom stereocenters. The van der Waals surface area contributed by atoms with Crippen LogP contribution in [0.3, 0.4) is 0 Å². The molecular weight excluding hydrogens is 628 g/mol. The standard InChI is InChI=1S/C31H26BrClN2O5S/c1-4-39-30(37)26-18(2)34-31-35(27(26)21-12-8-9-13-23(21)33)29(36)25(41-31)16-20-14-22(32)28(24(15-20)38-3)40-17-19-10-6-5-7-11-19/h5-16,27H,4,17H2,1-3H3/b25-16-. The number of nitrogens with zero attached hydrogens (tertiary/aromatic N) is 2. The van der Waals surface area contributed by atoms with Gasteiger partial charge in [-0.25, -0.2) is 9.79 Å². The summed E-state index contributed by atoms with van der Waals surface area (Å²) >= 11 is 11.4. The number of ether oxygens (including phenoxy) is 3. The second-order valence-corrected chi connectivity index (χ2v) is 11.4. The van der Waals surface area contributed by atoms with Gasteiger partial charge in [0.15, 0.2) is 16.3 Å². The Hall–Kier alpha value is -3.66. The minimum atomic E-state index is -0.781. The first-order valence-corrected chi connectivity index (χ1v) is 14.8. The van der Waals surface area contributed by atoms with Crippen LogP contribution in [0, 0.1) is 0 Å². The Morgan fingerprint density at radius 3 is 2.59 bits per heavy atom. The van der Waals surface area contributed by atoms with Crippen LogP contribution in [0.25, 0.3) is 6.08 Å². The third-order valence-electron chi connectivity index (χ3n) is 6.49. The third kappa shape index (κ3) is 5.88. The molecule has 1 unspecified atom stereocenters.